The molecule has 0 saturated heterocycles. The van der Waals surface area contributed by atoms with Crippen molar-refractivity contribution in [1.82, 2.24) is 0 Å². The average Bonchev–Trinajstić information content (AvgIpc) is 2.03. The minimum atomic E-state index is -0.923. The number of aliphatic hydroxyl groups is 4. The molecule has 0 aliphatic heterocycles. The molecule has 0 fully saturated rings. The Bertz CT molecular complexity index is 107. The van der Waals surface area contributed by atoms with Crippen molar-refractivity contribution in [3.8, 4) is 0 Å². The third-order valence-corrected chi connectivity index (χ3v) is 1.72. The van der Waals surface area contributed by atoms with E-state index in [2.05, 4.69) is 0 Å². The molecule has 0 spiro atoms. The molecule has 12 heavy (non-hydrogen) atoms. The van der Waals surface area contributed by atoms with E-state index in [1.807, 2.05) is 0 Å². The van der Waals surface area contributed by atoms with Crippen molar-refractivity contribution in [3.63, 3.8) is 0 Å². The smallest absolute Gasteiger partial charge is 0.0823 e. The predicted octanol–water partition coefficient (Wildman–Crippen LogP) is -0.934. The fraction of sp³-hybridized carbons (Fsp3) is 0.875. The molecule has 73 valence electrons. The number of aliphatic hydroxyl groups excluding tert-OH is 4. The fourth-order valence-electron chi connectivity index (χ4n) is 0.894. The molecule has 0 aliphatic carbocycles. The van der Waals surface area contributed by atoms with E-state index in [0.717, 1.165) is 0 Å². The van der Waals surface area contributed by atoms with Crippen LogP contribution in [0.5, 0.6) is 0 Å². The van der Waals surface area contributed by atoms with Gasteiger partial charge in [0.2, 0.25) is 0 Å². The summed E-state index contributed by atoms with van der Waals surface area (Å²) < 4.78 is 0. The number of hydrogen-bond donors (Lipinski definition) is 4. The summed E-state index contributed by atoms with van der Waals surface area (Å²) in [5.41, 5.74) is 0. The van der Waals surface area contributed by atoms with Crippen LogP contribution >= 0.6 is 0 Å². The minimum Gasteiger partial charge on any atom is -0.396 e. The molecule has 0 aliphatic rings. The van der Waals surface area contributed by atoms with E-state index in [0.29, 0.717) is 6.42 Å². The van der Waals surface area contributed by atoms with Gasteiger partial charge < -0.3 is 20.4 Å². The molecule has 3 unspecified atom stereocenters. The molecule has 0 aromatic carbocycles. The van der Waals surface area contributed by atoms with E-state index in [1.165, 1.54) is 6.42 Å². The fourth-order valence-corrected chi connectivity index (χ4v) is 0.894. The Labute approximate surface area is 72.5 Å². The monoisotopic (exact) mass is 177 g/mol. The van der Waals surface area contributed by atoms with Crippen LogP contribution in [0.4, 0.5) is 0 Å². The summed E-state index contributed by atoms with van der Waals surface area (Å²) in [6, 6.07) is 0. The van der Waals surface area contributed by atoms with Crippen molar-refractivity contribution in [3.05, 3.63) is 6.42 Å². The lowest BCUT2D eigenvalue weighted by Crippen LogP contribution is -2.30. The standard InChI is InChI=1S/C8H17O4/c1-2-7(11)8(12)5-6(10)3-4-9/h3,6-12H,2,4-5H2,1H3. The SMILES string of the molecule is CCC(O)C(O)CC(O)[CH]CO. The summed E-state index contributed by atoms with van der Waals surface area (Å²) in [4.78, 5) is 0. The van der Waals surface area contributed by atoms with E-state index >= 15 is 0 Å². The van der Waals surface area contributed by atoms with Gasteiger partial charge in [-0.3, -0.25) is 0 Å². The van der Waals surface area contributed by atoms with Gasteiger partial charge in [0.15, 0.2) is 0 Å². The zero-order valence-corrected chi connectivity index (χ0v) is 7.22. The highest BCUT2D eigenvalue weighted by Crippen LogP contribution is 2.07. The third-order valence-electron chi connectivity index (χ3n) is 1.72. The summed E-state index contributed by atoms with van der Waals surface area (Å²) in [5, 5.41) is 35.8. The molecule has 3 atom stereocenters. The van der Waals surface area contributed by atoms with Crippen molar-refractivity contribution >= 4 is 0 Å². The minimum absolute atomic E-state index is 0.0650. The molecule has 0 saturated carbocycles. The first-order valence-corrected chi connectivity index (χ1v) is 4.10. The zero-order valence-electron chi connectivity index (χ0n) is 7.22. The van der Waals surface area contributed by atoms with Gasteiger partial charge in [0, 0.05) is 19.4 Å². The normalized spacial score (nSPS) is 18.8. The van der Waals surface area contributed by atoms with Gasteiger partial charge in [-0.15, -0.1) is 0 Å². The van der Waals surface area contributed by atoms with Crippen LogP contribution in [-0.2, 0) is 0 Å². The van der Waals surface area contributed by atoms with Crippen LogP contribution in [0.2, 0.25) is 0 Å². The molecule has 0 heterocycles. The lowest BCUT2D eigenvalue weighted by Gasteiger charge is -2.18. The maximum atomic E-state index is 9.20. The second kappa shape index (κ2) is 6.37. The van der Waals surface area contributed by atoms with Gasteiger partial charge in [-0.05, 0) is 6.42 Å². The van der Waals surface area contributed by atoms with E-state index in [4.69, 9.17) is 15.3 Å². The van der Waals surface area contributed by atoms with Crippen LogP contribution in [0.3, 0.4) is 0 Å². The number of rotatable bonds is 6. The molecular formula is C8H17O4. The molecule has 4 nitrogen and oxygen atoms in total. The van der Waals surface area contributed by atoms with Crippen LogP contribution in [0.25, 0.3) is 0 Å². The maximum absolute atomic E-state index is 9.20. The van der Waals surface area contributed by atoms with Crippen LogP contribution in [-0.4, -0.2) is 45.3 Å². The second-order valence-electron chi connectivity index (χ2n) is 2.76. The summed E-state index contributed by atoms with van der Waals surface area (Å²) in [6.45, 7) is 1.52. The predicted molar refractivity (Wildman–Crippen MR) is 44.3 cm³/mol. The molecule has 1 radical (unpaired) electrons. The van der Waals surface area contributed by atoms with Crippen LogP contribution < -0.4 is 0 Å². The van der Waals surface area contributed by atoms with Gasteiger partial charge in [0.1, 0.15) is 0 Å². The van der Waals surface area contributed by atoms with Crippen molar-refractivity contribution in [2.45, 2.75) is 38.1 Å². The Kier molecular flexibility index (Phi) is 6.28. The Morgan fingerprint density at radius 1 is 1.17 bits per heavy atom. The summed E-state index contributed by atoms with van der Waals surface area (Å²) in [7, 11) is 0. The van der Waals surface area contributed by atoms with Crippen LogP contribution in [0, 0.1) is 6.42 Å². The van der Waals surface area contributed by atoms with Gasteiger partial charge in [-0.1, -0.05) is 6.92 Å². The van der Waals surface area contributed by atoms with Crippen molar-refractivity contribution in [2.75, 3.05) is 6.61 Å². The highest BCUT2D eigenvalue weighted by molar-refractivity contribution is 4.79. The van der Waals surface area contributed by atoms with Gasteiger partial charge in [-0.25, -0.2) is 0 Å². The Hall–Kier alpha value is -0.160. The van der Waals surface area contributed by atoms with E-state index in [1.54, 1.807) is 6.92 Å². The summed E-state index contributed by atoms with van der Waals surface area (Å²) >= 11 is 0. The highest BCUT2D eigenvalue weighted by Gasteiger charge is 2.17. The van der Waals surface area contributed by atoms with Gasteiger partial charge in [-0.2, -0.15) is 0 Å². The molecule has 0 rings (SSSR count). The first-order valence-electron chi connectivity index (χ1n) is 4.10. The molecule has 0 amide bonds. The zero-order chi connectivity index (χ0) is 9.56. The topological polar surface area (TPSA) is 80.9 Å². The lowest BCUT2D eigenvalue weighted by molar-refractivity contribution is -0.00918. The van der Waals surface area contributed by atoms with Crippen LogP contribution in [0.1, 0.15) is 19.8 Å². The Balaban J connectivity index is 3.59. The quantitative estimate of drug-likeness (QED) is 0.422. The first kappa shape index (κ1) is 11.8. The van der Waals surface area contributed by atoms with Crippen LogP contribution in [0.15, 0.2) is 0 Å². The van der Waals surface area contributed by atoms with Crippen molar-refractivity contribution < 1.29 is 20.4 Å². The highest BCUT2D eigenvalue weighted by atomic mass is 16.3. The van der Waals surface area contributed by atoms with Gasteiger partial charge >= 0.3 is 0 Å². The summed E-state index contributed by atoms with van der Waals surface area (Å²) in [5.74, 6) is 0. The molecular weight excluding hydrogens is 160 g/mol. The number of hydrogen-bond acceptors (Lipinski definition) is 4. The van der Waals surface area contributed by atoms with E-state index in [9.17, 15) is 5.11 Å². The largest absolute Gasteiger partial charge is 0.396 e. The second-order valence-corrected chi connectivity index (χ2v) is 2.76. The Morgan fingerprint density at radius 2 is 1.75 bits per heavy atom. The van der Waals surface area contributed by atoms with E-state index in [-0.39, 0.29) is 13.0 Å². The maximum Gasteiger partial charge on any atom is 0.0823 e. The van der Waals surface area contributed by atoms with Gasteiger partial charge in [0.05, 0.1) is 18.3 Å². The molecule has 0 aromatic rings. The third kappa shape index (κ3) is 4.66. The van der Waals surface area contributed by atoms with Crippen molar-refractivity contribution in [2.24, 2.45) is 0 Å². The molecule has 4 N–H and O–H groups in total. The average molecular weight is 177 g/mol. The first-order chi connectivity index (χ1) is 5.61. The molecule has 0 aromatic heterocycles. The Morgan fingerprint density at radius 3 is 2.17 bits per heavy atom. The van der Waals surface area contributed by atoms with Gasteiger partial charge in [0.25, 0.3) is 0 Å². The summed E-state index contributed by atoms with van der Waals surface area (Å²) in [6.07, 6.45) is -0.792. The molecule has 4 heteroatoms. The van der Waals surface area contributed by atoms with Crippen molar-refractivity contribution in [1.29, 1.82) is 0 Å². The lowest BCUT2D eigenvalue weighted by atomic mass is 10.0. The molecule has 0 bridgehead atoms. The van der Waals surface area contributed by atoms with E-state index < -0.39 is 18.3 Å².